The summed E-state index contributed by atoms with van der Waals surface area (Å²) in [5, 5.41) is 11.1. The number of hydrogen-bond donors (Lipinski definition) is 0. The molecule has 1 amide bonds. The van der Waals surface area contributed by atoms with E-state index >= 15 is 0 Å². The Balaban J connectivity index is 1.46. The lowest BCUT2D eigenvalue weighted by Gasteiger charge is -2.49. The minimum atomic E-state index is -1.99. The van der Waals surface area contributed by atoms with E-state index in [-0.39, 0.29) is 53.7 Å². The van der Waals surface area contributed by atoms with Crippen LogP contribution < -0.4 is 0 Å². The number of β-lactam (4-membered cyclic amide) rings is 1. The molecule has 1 fully saturated rings. The summed E-state index contributed by atoms with van der Waals surface area (Å²) in [5.41, 5.74) is 4.91. The number of carbonyl (C=O) groups excluding carboxylic acids is 3. The van der Waals surface area contributed by atoms with Gasteiger partial charge in [0.1, 0.15) is 12.3 Å². The van der Waals surface area contributed by atoms with Crippen LogP contribution in [-0.2, 0) is 25.4 Å². The van der Waals surface area contributed by atoms with Crippen molar-refractivity contribution in [3.63, 3.8) is 0 Å². The molecule has 0 aliphatic carbocycles. The molecule has 3 aromatic carbocycles. The standard InChI is InChI=1S/C37H42N2O7Si/c1-7-47(8-2,9-3)46-25(6)33-34-23(4)32(30-18-16-29(17-19-30)28-14-12-27(13-15-28)24(5)40)35(38(34)36(33)41)37(42)45-22-26-10-20-31(21-11-26)39(43)44/h10-21,23,25,33-34H,7-9,22H2,1-6H3/t23-,25?,33+,34+/m0/s1. The average Bonchev–Trinajstić information content (AvgIpc) is 3.34. The van der Waals surface area contributed by atoms with Crippen molar-refractivity contribution in [2.24, 2.45) is 11.8 Å². The summed E-state index contributed by atoms with van der Waals surface area (Å²) in [6.45, 7) is 12.0. The molecule has 0 aromatic heterocycles. The molecule has 0 bridgehead atoms. The average molecular weight is 655 g/mol. The van der Waals surface area contributed by atoms with E-state index in [4.69, 9.17) is 9.16 Å². The van der Waals surface area contributed by atoms with Crippen LogP contribution in [0, 0.1) is 22.0 Å². The number of benzene rings is 3. The highest BCUT2D eigenvalue weighted by molar-refractivity contribution is 6.73. The molecular weight excluding hydrogens is 613 g/mol. The predicted molar refractivity (Wildman–Crippen MR) is 183 cm³/mol. The molecule has 3 aromatic rings. The van der Waals surface area contributed by atoms with E-state index in [0.29, 0.717) is 11.1 Å². The van der Waals surface area contributed by atoms with E-state index in [0.717, 1.165) is 40.4 Å². The van der Waals surface area contributed by atoms with Crippen LogP contribution in [0.4, 0.5) is 5.69 Å². The summed E-state index contributed by atoms with van der Waals surface area (Å²) in [4.78, 5) is 51.6. The highest BCUT2D eigenvalue weighted by Crippen LogP contribution is 2.51. The summed E-state index contributed by atoms with van der Waals surface area (Å²) in [7, 11) is -1.99. The second kappa shape index (κ2) is 13.7. The first-order valence-electron chi connectivity index (χ1n) is 16.3. The third-order valence-electron chi connectivity index (χ3n) is 10.1. The maximum atomic E-state index is 13.9. The smallest absolute Gasteiger partial charge is 0.355 e. The van der Waals surface area contributed by atoms with Crippen LogP contribution >= 0.6 is 0 Å². The van der Waals surface area contributed by atoms with E-state index in [9.17, 15) is 24.5 Å². The first-order valence-corrected chi connectivity index (χ1v) is 18.9. The summed E-state index contributed by atoms with van der Waals surface area (Å²) in [5.74, 6) is -1.29. The molecule has 2 aliphatic rings. The van der Waals surface area contributed by atoms with Gasteiger partial charge in [0, 0.05) is 23.6 Å². The first-order chi connectivity index (χ1) is 22.4. The second-order valence-electron chi connectivity index (χ2n) is 12.6. The fourth-order valence-corrected chi connectivity index (χ4v) is 10.0. The number of Topliss-reactive ketones (excluding diaryl/α,β-unsaturated/α-hetero) is 1. The Kier molecular flexibility index (Phi) is 9.93. The molecular formula is C37H42N2O7Si. The molecule has 0 spiro atoms. The number of nitrogens with zero attached hydrogens (tertiary/aromatic N) is 2. The molecule has 0 N–H and O–H groups in total. The van der Waals surface area contributed by atoms with Gasteiger partial charge in [0.15, 0.2) is 14.1 Å². The molecule has 4 atom stereocenters. The molecule has 0 radical (unpaired) electrons. The highest BCUT2D eigenvalue weighted by atomic mass is 28.4. The number of hydrogen-bond acceptors (Lipinski definition) is 7. The molecule has 47 heavy (non-hydrogen) atoms. The van der Waals surface area contributed by atoms with Gasteiger partial charge < -0.3 is 14.1 Å². The van der Waals surface area contributed by atoms with Gasteiger partial charge in [-0.05, 0) is 71.9 Å². The predicted octanol–water partition coefficient (Wildman–Crippen LogP) is 7.81. The minimum Gasteiger partial charge on any atom is -0.456 e. The van der Waals surface area contributed by atoms with Gasteiger partial charge in [-0.2, -0.15) is 0 Å². The van der Waals surface area contributed by atoms with E-state index in [1.165, 1.54) is 19.1 Å². The van der Waals surface area contributed by atoms with Crippen molar-refractivity contribution >= 4 is 37.2 Å². The van der Waals surface area contributed by atoms with Crippen LogP contribution in [0.3, 0.4) is 0 Å². The van der Waals surface area contributed by atoms with Gasteiger partial charge in [-0.15, -0.1) is 0 Å². The Morgan fingerprint density at radius 3 is 1.94 bits per heavy atom. The number of fused-ring (bicyclic) bond motifs is 1. The van der Waals surface area contributed by atoms with Crippen molar-refractivity contribution in [3.8, 4) is 11.1 Å². The lowest BCUT2D eigenvalue weighted by Crippen LogP contribution is -2.65. The summed E-state index contributed by atoms with van der Waals surface area (Å²) in [6, 6.07) is 23.8. The Bertz CT molecular complexity index is 1690. The molecule has 9 nitrogen and oxygen atoms in total. The number of ketones is 1. The van der Waals surface area contributed by atoms with E-state index in [1.807, 2.05) is 50.2 Å². The Morgan fingerprint density at radius 1 is 0.894 bits per heavy atom. The van der Waals surface area contributed by atoms with Crippen LogP contribution in [0.1, 0.15) is 63.0 Å². The van der Waals surface area contributed by atoms with Gasteiger partial charge >= 0.3 is 5.97 Å². The number of rotatable bonds is 13. The normalized spacial score (nSPS) is 19.7. The van der Waals surface area contributed by atoms with E-state index < -0.39 is 19.2 Å². The molecule has 1 saturated heterocycles. The number of esters is 1. The lowest BCUT2D eigenvalue weighted by molar-refractivity contribution is -0.384. The fourth-order valence-electron chi connectivity index (χ4n) is 7.07. The third-order valence-corrected chi connectivity index (χ3v) is 14.8. The van der Waals surface area contributed by atoms with Crippen LogP contribution in [0.2, 0.25) is 18.1 Å². The SMILES string of the molecule is CC[Si](CC)(CC)OC(C)[C@H]1C(=O)N2C(C(=O)OCc3ccc([N+](=O)[O-])cc3)=C(c3ccc(-c4ccc(C(C)=O)cc4)cc3)[C@H](C)[C@H]12. The zero-order chi connectivity index (χ0) is 34.0. The highest BCUT2D eigenvalue weighted by Gasteiger charge is 2.61. The van der Waals surface area contributed by atoms with Crippen molar-refractivity contribution in [1.82, 2.24) is 4.90 Å². The zero-order valence-electron chi connectivity index (χ0n) is 27.8. The van der Waals surface area contributed by atoms with E-state index in [1.54, 1.807) is 29.2 Å². The van der Waals surface area contributed by atoms with Gasteiger partial charge in [0.05, 0.1) is 23.0 Å². The van der Waals surface area contributed by atoms with Gasteiger partial charge in [-0.25, -0.2) is 4.79 Å². The number of ether oxygens (including phenoxy) is 1. The number of carbonyl (C=O) groups is 3. The zero-order valence-corrected chi connectivity index (χ0v) is 28.8. The second-order valence-corrected chi connectivity index (χ2v) is 17.3. The fraction of sp³-hybridized carbons (Fsp3) is 0.378. The molecule has 10 heteroatoms. The lowest BCUT2D eigenvalue weighted by atomic mass is 9.77. The van der Waals surface area contributed by atoms with Gasteiger partial charge in [-0.3, -0.25) is 19.7 Å². The molecule has 5 rings (SSSR count). The van der Waals surface area contributed by atoms with Crippen molar-refractivity contribution in [3.05, 3.63) is 105 Å². The maximum Gasteiger partial charge on any atom is 0.355 e. The summed E-state index contributed by atoms with van der Waals surface area (Å²) < 4.78 is 12.5. The molecule has 2 heterocycles. The molecule has 1 unspecified atom stereocenters. The number of nitro groups is 1. The number of nitro benzene ring substituents is 1. The number of amides is 1. The Hall–Kier alpha value is -4.41. The Labute approximate surface area is 276 Å². The summed E-state index contributed by atoms with van der Waals surface area (Å²) >= 11 is 0. The van der Waals surface area contributed by atoms with E-state index in [2.05, 4.69) is 20.8 Å². The third kappa shape index (κ3) is 6.44. The van der Waals surface area contributed by atoms with Crippen molar-refractivity contribution < 1.29 is 28.5 Å². The van der Waals surface area contributed by atoms with Crippen molar-refractivity contribution in [2.75, 3.05) is 0 Å². The van der Waals surface area contributed by atoms with Crippen molar-refractivity contribution in [2.45, 2.75) is 78.4 Å². The molecule has 246 valence electrons. The molecule has 2 aliphatic heterocycles. The van der Waals surface area contributed by atoms with Gasteiger partial charge in [0.25, 0.3) is 5.69 Å². The maximum absolute atomic E-state index is 13.9. The van der Waals surface area contributed by atoms with Gasteiger partial charge in [0.2, 0.25) is 5.91 Å². The van der Waals surface area contributed by atoms with Gasteiger partial charge in [-0.1, -0.05) is 76.2 Å². The first kappa shape index (κ1) is 33.9. The summed E-state index contributed by atoms with van der Waals surface area (Å²) in [6.07, 6.45) is -0.283. The van der Waals surface area contributed by atoms with Crippen LogP contribution in [-0.4, -0.2) is 47.9 Å². The van der Waals surface area contributed by atoms with Crippen LogP contribution in [0.25, 0.3) is 16.7 Å². The quantitative estimate of drug-likeness (QED) is 0.0461. The Morgan fingerprint density at radius 2 is 1.43 bits per heavy atom. The largest absolute Gasteiger partial charge is 0.456 e. The molecule has 0 saturated carbocycles. The number of non-ortho nitro benzene ring substituents is 1. The van der Waals surface area contributed by atoms with Crippen LogP contribution in [0.5, 0.6) is 0 Å². The van der Waals surface area contributed by atoms with Crippen molar-refractivity contribution in [1.29, 1.82) is 0 Å². The topological polar surface area (TPSA) is 116 Å². The van der Waals surface area contributed by atoms with Crippen LogP contribution in [0.15, 0.2) is 78.5 Å². The minimum absolute atomic E-state index is 0.00589. The monoisotopic (exact) mass is 654 g/mol.